The van der Waals surface area contributed by atoms with E-state index in [4.69, 9.17) is 4.74 Å². The molecule has 12 heavy (non-hydrogen) atoms. The topological polar surface area (TPSA) is 26.3 Å². The summed E-state index contributed by atoms with van der Waals surface area (Å²) in [5.41, 5.74) is 0.111. The molecule has 0 unspecified atom stereocenters. The molecule has 0 spiro atoms. The van der Waals surface area contributed by atoms with Gasteiger partial charge >= 0.3 is 5.97 Å². The highest BCUT2D eigenvalue weighted by molar-refractivity contribution is 5.67. The van der Waals surface area contributed by atoms with E-state index in [0.717, 1.165) is 12.2 Å². The molecule has 0 amide bonds. The lowest BCUT2D eigenvalue weighted by Gasteiger charge is -2.23. The van der Waals surface area contributed by atoms with E-state index in [1.54, 1.807) is 0 Å². The third kappa shape index (κ3) is 2.53. The van der Waals surface area contributed by atoms with Crippen LogP contribution in [0, 0.1) is 5.41 Å². The van der Waals surface area contributed by atoms with Gasteiger partial charge in [0, 0.05) is 13.3 Å². The van der Waals surface area contributed by atoms with Gasteiger partial charge in [0.1, 0.15) is 5.76 Å². The molecule has 0 aromatic carbocycles. The Balaban J connectivity index is 2.64. The molecule has 1 rings (SSSR count). The van der Waals surface area contributed by atoms with E-state index in [1.165, 1.54) is 6.92 Å². The van der Waals surface area contributed by atoms with Gasteiger partial charge in [-0.25, -0.2) is 0 Å². The monoisotopic (exact) mass is 166 g/mol. The molecule has 0 bridgehead atoms. The standard InChI is InChI=1S/C10H14O2/c1-8(11)12-9-5-4-6-10(2,3)7-9/h4-6H,7H2,1-3H3. The van der Waals surface area contributed by atoms with Gasteiger partial charge in [-0.2, -0.15) is 0 Å². The first-order chi connectivity index (χ1) is 5.49. The van der Waals surface area contributed by atoms with Gasteiger partial charge in [0.15, 0.2) is 0 Å². The normalized spacial score (nSPS) is 20.1. The second kappa shape index (κ2) is 3.13. The average Bonchev–Trinajstić information content (AvgIpc) is 1.82. The van der Waals surface area contributed by atoms with Crippen LogP contribution in [0.2, 0.25) is 0 Å². The van der Waals surface area contributed by atoms with E-state index >= 15 is 0 Å². The van der Waals surface area contributed by atoms with Gasteiger partial charge in [-0.05, 0) is 11.5 Å². The van der Waals surface area contributed by atoms with E-state index < -0.39 is 0 Å². The van der Waals surface area contributed by atoms with Crippen molar-refractivity contribution in [2.24, 2.45) is 5.41 Å². The fraction of sp³-hybridized carbons (Fsp3) is 0.500. The molecule has 1 aliphatic rings. The fourth-order valence-electron chi connectivity index (χ4n) is 1.24. The molecule has 0 aliphatic heterocycles. The molecule has 0 saturated carbocycles. The molecule has 66 valence electrons. The second-order valence-corrected chi connectivity index (χ2v) is 3.75. The van der Waals surface area contributed by atoms with Gasteiger partial charge in [-0.3, -0.25) is 4.79 Å². The van der Waals surface area contributed by atoms with Crippen molar-refractivity contribution in [1.29, 1.82) is 0 Å². The quantitative estimate of drug-likeness (QED) is 0.559. The van der Waals surface area contributed by atoms with Crippen LogP contribution in [-0.4, -0.2) is 5.97 Å². The Kier molecular flexibility index (Phi) is 2.36. The fourth-order valence-corrected chi connectivity index (χ4v) is 1.24. The maximum absolute atomic E-state index is 10.6. The predicted molar refractivity (Wildman–Crippen MR) is 47.4 cm³/mol. The lowest BCUT2D eigenvalue weighted by molar-refractivity contribution is -0.137. The Morgan fingerprint density at radius 3 is 2.75 bits per heavy atom. The first-order valence-electron chi connectivity index (χ1n) is 4.06. The van der Waals surface area contributed by atoms with Crippen LogP contribution in [0.15, 0.2) is 24.0 Å². The molecule has 0 N–H and O–H groups in total. The zero-order valence-electron chi connectivity index (χ0n) is 7.76. The van der Waals surface area contributed by atoms with E-state index in [1.807, 2.05) is 12.2 Å². The van der Waals surface area contributed by atoms with Gasteiger partial charge < -0.3 is 4.74 Å². The molecule has 0 radical (unpaired) electrons. The van der Waals surface area contributed by atoms with Crippen LogP contribution < -0.4 is 0 Å². The molecular weight excluding hydrogens is 152 g/mol. The van der Waals surface area contributed by atoms with Gasteiger partial charge in [-0.1, -0.05) is 26.0 Å². The van der Waals surface area contributed by atoms with Crippen molar-refractivity contribution in [3.63, 3.8) is 0 Å². The number of hydrogen-bond donors (Lipinski definition) is 0. The van der Waals surface area contributed by atoms with E-state index in [-0.39, 0.29) is 11.4 Å². The molecular formula is C10H14O2. The maximum Gasteiger partial charge on any atom is 0.307 e. The van der Waals surface area contributed by atoms with Crippen LogP contribution in [0.1, 0.15) is 27.2 Å². The van der Waals surface area contributed by atoms with Crippen LogP contribution in [-0.2, 0) is 9.53 Å². The lowest BCUT2D eigenvalue weighted by Crippen LogP contribution is -2.14. The zero-order chi connectivity index (χ0) is 9.19. The van der Waals surface area contributed by atoms with E-state index in [0.29, 0.717) is 0 Å². The van der Waals surface area contributed by atoms with Gasteiger partial charge in [0.2, 0.25) is 0 Å². The number of carbonyl (C=O) groups excluding carboxylic acids is 1. The minimum atomic E-state index is -0.243. The van der Waals surface area contributed by atoms with Crippen molar-refractivity contribution >= 4 is 5.97 Å². The number of ether oxygens (including phenoxy) is 1. The van der Waals surface area contributed by atoms with Crippen LogP contribution in [0.25, 0.3) is 0 Å². The Morgan fingerprint density at radius 2 is 2.25 bits per heavy atom. The van der Waals surface area contributed by atoms with Crippen LogP contribution in [0.5, 0.6) is 0 Å². The minimum absolute atomic E-state index is 0.111. The van der Waals surface area contributed by atoms with Crippen molar-refractivity contribution in [3.8, 4) is 0 Å². The zero-order valence-corrected chi connectivity index (χ0v) is 7.76. The second-order valence-electron chi connectivity index (χ2n) is 3.75. The van der Waals surface area contributed by atoms with Crippen LogP contribution in [0.3, 0.4) is 0 Å². The summed E-state index contributed by atoms with van der Waals surface area (Å²) in [6.07, 6.45) is 6.68. The van der Waals surface area contributed by atoms with Crippen molar-refractivity contribution in [3.05, 3.63) is 24.0 Å². The third-order valence-corrected chi connectivity index (χ3v) is 1.73. The summed E-state index contributed by atoms with van der Waals surface area (Å²) in [4.78, 5) is 10.6. The lowest BCUT2D eigenvalue weighted by atomic mass is 9.85. The predicted octanol–water partition coefficient (Wildman–Crippen LogP) is 2.42. The SMILES string of the molecule is CC(=O)OC1=CC=CC(C)(C)C1. The largest absolute Gasteiger partial charge is 0.431 e. The molecule has 0 saturated heterocycles. The van der Waals surface area contributed by atoms with Gasteiger partial charge in [0.05, 0.1) is 0 Å². The van der Waals surface area contributed by atoms with Gasteiger partial charge in [-0.15, -0.1) is 0 Å². The maximum atomic E-state index is 10.6. The number of carbonyl (C=O) groups is 1. The summed E-state index contributed by atoms with van der Waals surface area (Å²) in [6, 6.07) is 0. The van der Waals surface area contributed by atoms with Crippen molar-refractivity contribution in [1.82, 2.24) is 0 Å². The molecule has 1 aliphatic carbocycles. The first kappa shape index (κ1) is 9.04. The molecule has 0 fully saturated rings. The minimum Gasteiger partial charge on any atom is -0.431 e. The average molecular weight is 166 g/mol. The molecule has 2 heteroatoms. The van der Waals surface area contributed by atoms with Crippen molar-refractivity contribution < 1.29 is 9.53 Å². The highest BCUT2D eigenvalue weighted by Gasteiger charge is 2.20. The number of esters is 1. The Morgan fingerprint density at radius 1 is 1.58 bits per heavy atom. The number of hydrogen-bond acceptors (Lipinski definition) is 2. The smallest absolute Gasteiger partial charge is 0.307 e. The number of allylic oxidation sites excluding steroid dienone is 4. The van der Waals surface area contributed by atoms with E-state index in [2.05, 4.69) is 19.9 Å². The summed E-state index contributed by atoms with van der Waals surface area (Å²) < 4.78 is 5.00. The highest BCUT2D eigenvalue weighted by Crippen LogP contribution is 2.30. The first-order valence-corrected chi connectivity index (χ1v) is 4.06. The van der Waals surface area contributed by atoms with Crippen LogP contribution in [0.4, 0.5) is 0 Å². The summed E-state index contributed by atoms with van der Waals surface area (Å²) >= 11 is 0. The Labute approximate surface area is 72.9 Å². The Hall–Kier alpha value is -1.05. The molecule has 0 atom stereocenters. The van der Waals surface area contributed by atoms with Crippen molar-refractivity contribution in [2.45, 2.75) is 27.2 Å². The van der Waals surface area contributed by atoms with Gasteiger partial charge in [0.25, 0.3) is 0 Å². The molecule has 2 nitrogen and oxygen atoms in total. The summed E-state index contributed by atoms with van der Waals surface area (Å²) in [5, 5.41) is 0. The van der Waals surface area contributed by atoms with E-state index in [9.17, 15) is 4.79 Å². The summed E-state index contributed by atoms with van der Waals surface area (Å²) in [5.74, 6) is 0.516. The van der Waals surface area contributed by atoms with Crippen molar-refractivity contribution in [2.75, 3.05) is 0 Å². The highest BCUT2D eigenvalue weighted by atomic mass is 16.5. The third-order valence-electron chi connectivity index (χ3n) is 1.73. The van der Waals surface area contributed by atoms with Crippen LogP contribution >= 0.6 is 0 Å². The summed E-state index contributed by atoms with van der Waals surface area (Å²) in [6.45, 7) is 5.64. The number of rotatable bonds is 1. The summed E-state index contributed by atoms with van der Waals surface area (Å²) in [7, 11) is 0. The Bertz CT molecular complexity index is 247. The molecule has 0 aromatic rings. The molecule has 0 heterocycles. The molecule has 0 aromatic heterocycles.